The Bertz CT molecular complexity index is 1490. The molecule has 0 bridgehead atoms. The average molecular weight is 619 g/mol. The molecular formula is C35H42N2O8. The minimum Gasteiger partial charge on any atom is -0.493 e. The number of carbonyl (C=O) groups is 2. The van der Waals surface area contributed by atoms with Crippen molar-refractivity contribution in [3.8, 4) is 11.5 Å². The van der Waals surface area contributed by atoms with E-state index < -0.39 is 24.3 Å². The maximum atomic E-state index is 12.6. The van der Waals surface area contributed by atoms with Gasteiger partial charge in [0, 0.05) is 43.7 Å². The largest absolute Gasteiger partial charge is 0.493 e. The smallest absolute Gasteiger partial charge is 0.303 e. The molecule has 2 aliphatic rings. The molecule has 2 N–H and O–H groups in total. The second kappa shape index (κ2) is 14.4. The molecule has 3 aromatic carbocycles. The normalized spacial score (nSPS) is 22.2. The molecule has 0 spiro atoms. The Hall–Kier alpha value is -3.96. The summed E-state index contributed by atoms with van der Waals surface area (Å²) < 4.78 is 29.4. The highest BCUT2D eigenvalue weighted by Gasteiger charge is 2.39. The van der Waals surface area contributed by atoms with E-state index in [1.54, 1.807) is 20.3 Å². The van der Waals surface area contributed by atoms with E-state index >= 15 is 0 Å². The molecule has 240 valence electrons. The number of methoxy groups -OCH3 is 2. The van der Waals surface area contributed by atoms with Crippen molar-refractivity contribution < 1.29 is 38.4 Å². The minimum absolute atomic E-state index is 0.0143. The van der Waals surface area contributed by atoms with Crippen LogP contribution in [0.2, 0.25) is 0 Å². The van der Waals surface area contributed by atoms with Gasteiger partial charge < -0.3 is 34.1 Å². The number of esters is 1. The van der Waals surface area contributed by atoms with Crippen LogP contribution in [-0.4, -0.2) is 61.4 Å². The number of benzene rings is 3. The summed E-state index contributed by atoms with van der Waals surface area (Å²) in [5.41, 5.74) is 5.59. The summed E-state index contributed by atoms with van der Waals surface area (Å²) in [5.74, 6) is 0.517. The minimum atomic E-state index is -0.930. The Kier molecular flexibility index (Phi) is 10.4. The van der Waals surface area contributed by atoms with E-state index in [9.17, 15) is 14.7 Å². The lowest BCUT2D eigenvalue weighted by atomic mass is 9.89. The molecule has 2 heterocycles. The van der Waals surface area contributed by atoms with Gasteiger partial charge in [0.2, 0.25) is 0 Å². The summed E-state index contributed by atoms with van der Waals surface area (Å²) in [6.45, 7) is 7.23. The molecule has 1 fully saturated rings. The fourth-order valence-electron chi connectivity index (χ4n) is 5.99. The van der Waals surface area contributed by atoms with Crippen molar-refractivity contribution in [3.63, 3.8) is 0 Å². The zero-order chi connectivity index (χ0) is 32.1. The number of nitrogens with zero attached hydrogens (tertiary/aromatic N) is 1. The molecule has 5 rings (SSSR count). The fourth-order valence-corrected chi connectivity index (χ4v) is 5.99. The first-order valence-electron chi connectivity index (χ1n) is 15.2. The van der Waals surface area contributed by atoms with Crippen LogP contribution in [0, 0.1) is 5.92 Å². The molecule has 0 aromatic heterocycles. The Morgan fingerprint density at radius 3 is 2.38 bits per heavy atom. The predicted octanol–water partition coefficient (Wildman–Crippen LogP) is 4.94. The quantitative estimate of drug-likeness (QED) is 0.305. The van der Waals surface area contributed by atoms with Crippen LogP contribution in [0.4, 0.5) is 5.69 Å². The third kappa shape index (κ3) is 7.65. The van der Waals surface area contributed by atoms with E-state index in [1.807, 2.05) is 42.5 Å². The molecule has 5 atom stereocenters. The van der Waals surface area contributed by atoms with E-state index in [4.69, 9.17) is 23.7 Å². The van der Waals surface area contributed by atoms with Crippen molar-refractivity contribution in [2.45, 2.75) is 64.9 Å². The SMILES string of the molecule is COc1cc2c(cc1OC)CN(C[C@H]1O[C@@H](c3cccc(NC(=O)[C@H](C)OC(C)=O)c3)O[C@@H](c3ccc(CO)cc3)[C@H]1C)CC2. The lowest BCUT2D eigenvalue weighted by Gasteiger charge is -2.43. The van der Waals surface area contributed by atoms with E-state index in [0.717, 1.165) is 47.7 Å². The first kappa shape index (κ1) is 32.4. The molecule has 1 saturated heterocycles. The standard InChI is InChI=1S/C35H42N2O8/c1-21-32(19-37-14-13-26-16-30(41-4)31(42-5)17-28(26)18-37)44-35(45-33(21)25-11-9-24(20-38)10-12-25)27-7-6-8-29(15-27)36-34(40)22(2)43-23(3)39/h6-12,15-17,21-22,32-33,35,38H,13-14,18-20H2,1-5H3,(H,36,40)/t21-,22-,32+,33+,35+/m0/s1. The summed E-state index contributed by atoms with van der Waals surface area (Å²) in [5, 5.41) is 12.4. The van der Waals surface area contributed by atoms with Crippen LogP contribution in [-0.2, 0) is 43.4 Å². The van der Waals surface area contributed by atoms with Gasteiger partial charge in [0.15, 0.2) is 23.9 Å². The number of nitrogens with one attached hydrogen (secondary N) is 1. The summed E-state index contributed by atoms with van der Waals surface area (Å²) in [6.07, 6.45) is -1.19. The molecule has 0 aliphatic carbocycles. The van der Waals surface area contributed by atoms with Crippen molar-refractivity contribution in [2.75, 3.05) is 32.6 Å². The second-order valence-corrected chi connectivity index (χ2v) is 11.6. The lowest BCUT2D eigenvalue weighted by molar-refractivity contribution is -0.276. The van der Waals surface area contributed by atoms with Crippen LogP contribution in [0.5, 0.6) is 11.5 Å². The number of fused-ring (bicyclic) bond motifs is 1. The third-order valence-corrected chi connectivity index (χ3v) is 8.50. The summed E-state index contributed by atoms with van der Waals surface area (Å²) in [7, 11) is 3.30. The van der Waals surface area contributed by atoms with Gasteiger partial charge in [-0.2, -0.15) is 0 Å². The van der Waals surface area contributed by atoms with E-state index in [1.165, 1.54) is 25.0 Å². The maximum Gasteiger partial charge on any atom is 0.303 e. The topological polar surface area (TPSA) is 116 Å². The number of hydrogen-bond acceptors (Lipinski definition) is 9. The van der Waals surface area contributed by atoms with Gasteiger partial charge in [-0.15, -0.1) is 0 Å². The number of ether oxygens (including phenoxy) is 5. The average Bonchev–Trinajstić information content (AvgIpc) is 3.04. The second-order valence-electron chi connectivity index (χ2n) is 11.6. The highest BCUT2D eigenvalue weighted by Crippen LogP contribution is 2.43. The van der Waals surface area contributed by atoms with Gasteiger partial charge in [0.25, 0.3) is 5.91 Å². The van der Waals surface area contributed by atoms with Crippen LogP contribution in [0.25, 0.3) is 0 Å². The van der Waals surface area contributed by atoms with E-state index in [-0.39, 0.29) is 24.7 Å². The maximum absolute atomic E-state index is 12.6. The molecule has 10 nitrogen and oxygen atoms in total. The van der Waals surface area contributed by atoms with E-state index in [2.05, 4.69) is 29.3 Å². The number of aliphatic hydroxyl groups excluding tert-OH is 1. The number of hydrogen-bond donors (Lipinski definition) is 2. The molecular weight excluding hydrogens is 576 g/mol. The first-order chi connectivity index (χ1) is 21.7. The molecule has 45 heavy (non-hydrogen) atoms. The summed E-state index contributed by atoms with van der Waals surface area (Å²) in [4.78, 5) is 26.3. The number of anilines is 1. The highest BCUT2D eigenvalue weighted by atomic mass is 16.7. The molecule has 0 radical (unpaired) electrons. The van der Waals surface area contributed by atoms with Crippen molar-refractivity contribution in [1.82, 2.24) is 4.90 Å². The predicted molar refractivity (Wildman–Crippen MR) is 168 cm³/mol. The molecule has 0 saturated carbocycles. The number of carbonyl (C=O) groups excluding carboxylic acids is 2. The molecule has 2 aliphatic heterocycles. The fraction of sp³-hybridized carbons (Fsp3) is 0.429. The Morgan fingerprint density at radius 2 is 1.71 bits per heavy atom. The van der Waals surface area contributed by atoms with Gasteiger partial charge in [-0.05, 0) is 59.9 Å². The van der Waals surface area contributed by atoms with Crippen molar-refractivity contribution in [1.29, 1.82) is 0 Å². The number of amides is 1. The van der Waals surface area contributed by atoms with Gasteiger partial charge in [-0.25, -0.2) is 0 Å². The van der Waals surface area contributed by atoms with Crippen molar-refractivity contribution >= 4 is 17.6 Å². The molecule has 1 amide bonds. The zero-order valence-corrected chi connectivity index (χ0v) is 26.4. The van der Waals surface area contributed by atoms with Crippen LogP contribution in [0.15, 0.2) is 60.7 Å². The zero-order valence-electron chi connectivity index (χ0n) is 26.4. The number of aliphatic hydroxyl groups is 1. The monoisotopic (exact) mass is 618 g/mol. The van der Waals surface area contributed by atoms with Gasteiger partial charge in [-0.3, -0.25) is 14.5 Å². The molecule has 0 unspecified atom stereocenters. The Morgan fingerprint density at radius 1 is 1.00 bits per heavy atom. The Labute approximate surface area is 264 Å². The van der Waals surface area contributed by atoms with Gasteiger partial charge >= 0.3 is 5.97 Å². The van der Waals surface area contributed by atoms with Crippen molar-refractivity contribution in [2.24, 2.45) is 5.92 Å². The van der Waals surface area contributed by atoms with Gasteiger partial charge in [0.1, 0.15) is 0 Å². The van der Waals surface area contributed by atoms with Gasteiger partial charge in [-0.1, -0.05) is 43.3 Å². The Balaban J connectivity index is 1.38. The highest BCUT2D eigenvalue weighted by molar-refractivity contribution is 5.95. The lowest BCUT2D eigenvalue weighted by Crippen LogP contribution is -2.45. The van der Waals surface area contributed by atoms with Crippen LogP contribution >= 0.6 is 0 Å². The third-order valence-electron chi connectivity index (χ3n) is 8.50. The molecule has 3 aromatic rings. The van der Waals surface area contributed by atoms with Crippen LogP contribution in [0.3, 0.4) is 0 Å². The molecule has 10 heteroatoms. The first-order valence-corrected chi connectivity index (χ1v) is 15.2. The van der Waals surface area contributed by atoms with E-state index in [0.29, 0.717) is 12.2 Å². The van der Waals surface area contributed by atoms with Crippen LogP contribution < -0.4 is 14.8 Å². The van der Waals surface area contributed by atoms with Crippen molar-refractivity contribution in [3.05, 3.63) is 88.5 Å². The van der Waals surface area contributed by atoms with Gasteiger partial charge in [0.05, 0.1) is 33.0 Å². The number of rotatable bonds is 10. The summed E-state index contributed by atoms with van der Waals surface area (Å²) >= 11 is 0. The van der Waals surface area contributed by atoms with Crippen LogP contribution in [0.1, 0.15) is 61.0 Å². The summed E-state index contributed by atoms with van der Waals surface area (Å²) in [6, 6.07) is 19.3.